The molecule has 0 bridgehead atoms. The third-order valence-corrected chi connectivity index (χ3v) is 8.16. The van der Waals surface area contributed by atoms with E-state index in [1.54, 1.807) is 6.20 Å². The van der Waals surface area contributed by atoms with Crippen LogP contribution in [0.3, 0.4) is 0 Å². The van der Waals surface area contributed by atoms with E-state index < -0.39 is 0 Å². The Morgan fingerprint density at radius 2 is 1.68 bits per heavy atom. The van der Waals surface area contributed by atoms with Gasteiger partial charge in [0.15, 0.2) is 0 Å². The zero-order chi connectivity index (χ0) is 24.9. The van der Waals surface area contributed by atoms with Crippen LogP contribution in [0, 0.1) is 0 Å². The standard InChI is InChI=1S/C30H30N6O/c1-34-13-15-35(16-14-34)24-17-23(18-24)29-33-27(28-30(37)31-11-12-36(28)29)22-8-7-21-9-10-25(32-26(21)19-22)20-5-3-2-4-6-20/h2-12,19,23-24H,13-18H2,1H3,(H,31,37). The van der Waals surface area contributed by atoms with E-state index in [9.17, 15) is 4.79 Å². The molecule has 3 aromatic heterocycles. The molecule has 0 radical (unpaired) electrons. The van der Waals surface area contributed by atoms with Crippen LogP contribution in [0.15, 0.2) is 77.9 Å². The molecule has 186 valence electrons. The van der Waals surface area contributed by atoms with Crippen LogP contribution in [-0.4, -0.2) is 68.4 Å². The van der Waals surface area contributed by atoms with Gasteiger partial charge in [0.2, 0.25) is 0 Å². The maximum Gasteiger partial charge on any atom is 0.274 e. The number of nitrogens with zero attached hydrogens (tertiary/aromatic N) is 5. The first-order chi connectivity index (χ1) is 18.1. The van der Waals surface area contributed by atoms with Crippen molar-refractivity contribution in [1.29, 1.82) is 0 Å². The Bertz CT molecular complexity index is 1640. The van der Waals surface area contributed by atoms with E-state index in [0.717, 1.165) is 78.3 Å². The van der Waals surface area contributed by atoms with Gasteiger partial charge in [-0.05, 0) is 32.0 Å². The summed E-state index contributed by atoms with van der Waals surface area (Å²) in [4.78, 5) is 30.9. The van der Waals surface area contributed by atoms with Crippen molar-refractivity contribution in [2.24, 2.45) is 0 Å². The van der Waals surface area contributed by atoms with Crippen LogP contribution in [-0.2, 0) is 0 Å². The molecule has 7 nitrogen and oxygen atoms in total. The highest BCUT2D eigenvalue weighted by molar-refractivity contribution is 5.88. The number of aromatic nitrogens is 4. The van der Waals surface area contributed by atoms with Crippen molar-refractivity contribution < 1.29 is 0 Å². The fourth-order valence-corrected chi connectivity index (χ4v) is 5.88. The number of benzene rings is 2. The maximum absolute atomic E-state index is 13.0. The minimum Gasteiger partial charge on any atom is -0.326 e. The Morgan fingerprint density at radius 3 is 2.49 bits per heavy atom. The molecule has 2 aromatic carbocycles. The largest absolute Gasteiger partial charge is 0.326 e. The lowest BCUT2D eigenvalue weighted by atomic mass is 9.78. The van der Waals surface area contributed by atoms with E-state index in [2.05, 4.69) is 64.3 Å². The molecule has 0 unspecified atom stereocenters. The summed E-state index contributed by atoms with van der Waals surface area (Å²) in [5, 5.41) is 1.06. The number of pyridine rings is 1. The zero-order valence-corrected chi connectivity index (χ0v) is 21.0. The van der Waals surface area contributed by atoms with Gasteiger partial charge in [0, 0.05) is 67.0 Å². The summed E-state index contributed by atoms with van der Waals surface area (Å²) in [6.07, 6.45) is 5.84. The smallest absolute Gasteiger partial charge is 0.274 e. The van der Waals surface area contributed by atoms with Gasteiger partial charge in [-0.3, -0.25) is 14.1 Å². The molecule has 4 heterocycles. The fraction of sp³-hybridized carbons (Fsp3) is 0.300. The maximum atomic E-state index is 13.0. The van der Waals surface area contributed by atoms with Crippen molar-refractivity contribution in [2.75, 3.05) is 33.2 Å². The van der Waals surface area contributed by atoms with Crippen molar-refractivity contribution in [1.82, 2.24) is 29.2 Å². The predicted molar refractivity (Wildman–Crippen MR) is 147 cm³/mol. The van der Waals surface area contributed by atoms with Crippen molar-refractivity contribution in [3.63, 3.8) is 0 Å². The van der Waals surface area contributed by atoms with Crippen molar-refractivity contribution >= 4 is 16.4 Å². The highest BCUT2D eigenvalue weighted by Gasteiger charge is 2.38. The third kappa shape index (κ3) is 3.95. The topological polar surface area (TPSA) is 69.5 Å². The van der Waals surface area contributed by atoms with E-state index in [4.69, 9.17) is 9.97 Å². The number of H-pyrrole nitrogens is 1. The number of likely N-dealkylation sites (N-methyl/N-ethyl adjacent to an activating group) is 1. The Kier molecular flexibility index (Phi) is 5.41. The summed E-state index contributed by atoms with van der Waals surface area (Å²) < 4.78 is 2.01. The summed E-state index contributed by atoms with van der Waals surface area (Å²) in [5.41, 5.74) is 5.06. The van der Waals surface area contributed by atoms with E-state index in [-0.39, 0.29) is 5.56 Å². The quantitative estimate of drug-likeness (QED) is 0.405. The number of fused-ring (bicyclic) bond motifs is 2. The van der Waals surface area contributed by atoms with Crippen LogP contribution in [0.4, 0.5) is 0 Å². The van der Waals surface area contributed by atoms with Gasteiger partial charge < -0.3 is 9.88 Å². The molecule has 7 rings (SSSR count). The highest BCUT2D eigenvalue weighted by Crippen LogP contribution is 2.41. The lowest BCUT2D eigenvalue weighted by molar-refractivity contribution is 0.0586. The molecule has 1 saturated carbocycles. The normalized spacial score (nSPS) is 20.9. The third-order valence-electron chi connectivity index (χ3n) is 8.16. The van der Waals surface area contributed by atoms with Crippen LogP contribution in [0.2, 0.25) is 0 Å². The van der Waals surface area contributed by atoms with E-state index >= 15 is 0 Å². The molecule has 5 aromatic rings. The van der Waals surface area contributed by atoms with Crippen LogP contribution in [0.5, 0.6) is 0 Å². The van der Waals surface area contributed by atoms with Gasteiger partial charge >= 0.3 is 0 Å². The van der Waals surface area contributed by atoms with Crippen LogP contribution in [0.1, 0.15) is 24.6 Å². The minimum absolute atomic E-state index is 0.114. The number of nitrogens with one attached hydrogen (secondary N) is 1. The number of hydrogen-bond acceptors (Lipinski definition) is 5. The number of rotatable bonds is 4. The van der Waals surface area contributed by atoms with Gasteiger partial charge in [-0.15, -0.1) is 0 Å². The molecule has 1 aliphatic heterocycles. The van der Waals surface area contributed by atoms with Gasteiger partial charge in [0.25, 0.3) is 5.56 Å². The molecule has 0 amide bonds. The first-order valence-electron chi connectivity index (χ1n) is 13.1. The zero-order valence-electron chi connectivity index (χ0n) is 21.0. The summed E-state index contributed by atoms with van der Waals surface area (Å²) in [6, 6.07) is 21.2. The van der Waals surface area contributed by atoms with Gasteiger partial charge in [-0.25, -0.2) is 9.97 Å². The second kappa shape index (κ2) is 8.94. The van der Waals surface area contributed by atoms with Gasteiger partial charge in [0.1, 0.15) is 17.0 Å². The first kappa shape index (κ1) is 22.4. The average molecular weight is 491 g/mol. The fourth-order valence-electron chi connectivity index (χ4n) is 5.88. The SMILES string of the molecule is CN1CCN(C2CC(c3nc(-c4ccc5ccc(-c6ccccc6)nc5c4)c4c(=O)[nH]ccn34)C2)CC1. The van der Waals surface area contributed by atoms with E-state index in [1.165, 1.54) is 0 Å². The Labute approximate surface area is 215 Å². The number of piperazine rings is 1. The Morgan fingerprint density at radius 1 is 0.892 bits per heavy atom. The molecule has 2 fully saturated rings. The molecular weight excluding hydrogens is 460 g/mol. The summed E-state index contributed by atoms with van der Waals surface area (Å²) in [5.74, 6) is 1.35. The van der Waals surface area contributed by atoms with Gasteiger partial charge in [-0.2, -0.15) is 0 Å². The van der Waals surface area contributed by atoms with Gasteiger partial charge in [-0.1, -0.05) is 48.5 Å². The Hall–Kier alpha value is -3.81. The number of hydrogen-bond donors (Lipinski definition) is 1. The Balaban J connectivity index is 1.25. The van der Waals surface area contributed by atoms with Crippen molar-refractivity contribution in [3.05, 3.63) is 89.2 Å². The second-order valence-electron chi connectivity index (χ2n) is 10.5. The molecule has 2 aliphatic rings. The lowest BCUT2D eigenvalue weighted by Crippen LogP contribution is -2.52. The summed E-state index contributed by atoms with van der Waals surface area (Å²) in [6.45, 7) is 4.54. The van der Waals surface area contributed by atoms with Crippen LogP contribution >= 0.6 is 0 Å². The summed E-state index contributed by atoms with van der Waals surface area (Å²) in [7, 11) is 2.20. The average Bonchev–Trinajstić information content (AvgIpc) is 3.29. The van der Waals surface area contributed by atoms with E-state index in [0.29, 0.717) is 17.5 Å². The van der Waals surface area contributed by atoms with Crippen LogP contribution in [0.25, 0.3) is 38.9 Å². The molecule has 1 saturated heterocycles. The van der Waals surface area contributed by atoms with E-state index in [1.807, 2.05) is 28.8 Å². The lowest BCUT2D eigenvalue weighted by Gasteiger charge is -2.45. The number of imidazole rings is 1. The number of aromatic amines is 1. The first-order valence-corrected chi connectivity index (χ1v) is 13.1. The molecular formula is C30H30N6O. The molecule has 1 N–H and O–H groups in total. The molecule has 0 atom stereocenters. The highest BCUT2D eigenvalue weighted by atomic mass is 16.1. The van der Waals surface area contributed by atoms with Crippen molar-refractivity contribution in [3.8, 4) is 22.5 Å². The van der Waals surface area contributed by atoms with Crippen molar-refractivity contribution in [2.45, 2.75) is 24.8 Å². The second-order valence-corrected chi connectivity index (χ2v) is 10.5. The monoisotopic (exact) mass is 490 g/mol. The molecule has 0 spiro atoms. The van der Waals surface area contributed by atoms with Gasteiger partial charge in [0.05, 0.1) is 11.2 Å². The molecule has 7 heteroatoms. The van der Waals surface area contributed by atoms with Crippen LogP contribution < -0.4 is 5.56 Å². The molecule has 37 heavy (non-hydrogen) atoms. The minimum atomic E-state index is -0.114. The summed E-state index contributed by atoms with van der Waals surface area (Å²) >= 11 is 0. The predicted octanol–water partition coefficient (Wildman–Crippen LogP) is 4.40. The molecule has 1 aliphatic carbocycles.